The van der Waals surface area contributed by atoms with Crippen LogP contribution in [0.5, 0.6) is 0 Å². The summed E-state index contributed by atoms with van der Waals surface area (Å²) in [5, 5.41) is 0. The fourth-order valence-corrected chi connectivity index (χ4v) is 8.21. The van der Waals surface area contributed by atoms with Crippen molar-refractivity contribution in [3.8, 4) is 0 Å². The Morgan fingerprint density at radius 3 is 1.68 bits per heavy atom. The van der Waals surface area contributed by atoms with Gasteiger partial charge in [0.2, 0.25) is 6.10 Å². The summed E-state index contributed by atoms with van der Waals surface area (Å²) in [4.78, 5) is 57.8. The maximum atomic E-state index is 12.5. The van der Waals surface area contributed by atoms with Gasteiger partial charge in [-0.3, -0.25) is 19.2 Å². The first-order valence-corrected chi connectivity index (χ1v) is 18.5. The molecule has 0 aromatic carbocycles. The summed E-state index contributed by atoms with van der Waals surface area (Å²) in [6, 6.07) is 0. The fraction of sp³-hybridized carbons (Fsp3) is 0.868. The molecule has 4 aliphatic carbocycles. The van der Waals surface area contributed by atoms with Crippen molar-refractivity contribution in [3.63, 3.8) is 0 Å². The van der Waals surface area contributed by atoms with Crippen molar-refractivity contribution >= 4 is 29.8 Å². The van der Waals surface area contributed by atoms with E-state index in [-0.39, 0.29) is 28.8 Å². The Balaban J connectivity index is 0.000000158. The van der Waals surface area contributed by atoms with Crippen molar-refractivity contribution in [2.24, 2.45) is 46.3 Å². The van der Waals surface area contributed by atoms with Crippen LogP contribution in [0.3, 0.4) is 0 Å². The molecule has 282 valence electrons. The molecule has 8 fully saturated rings. The van der Waals surface area contributed by atoms with E-state index in [4.69, 9.17) is 28.4 Å². The van der Waals surface area contributed by atoms with Gasteiger partial charge in [-0.2, -0.15) is 0 Å². The van der Waals surface area contributed by atoms with Gasteiger partial charge in [0.25, 0.3) is 0 Å². The number of carbonyl (C=O) groups is 5. The van der Waals surface area contributed by atoms with Crippen LogP contribution < -0.4 is 0 Å². The lowest BCUT2D eigenvalue weighted by Gasteiger charge is -2.59. The van der Waals surface area contributed by atoms with Crippen LogP contribution in [0.1, 0.15) is 121 Å². The number of cyclic esters (lactones) is 2. The first kappa shape index (κ1) is 38.7. The Bertz CT molecular complexity index is 1300. The van der Waals surface area contributed by atoms with E-state index in [0.717, 1.165) is 18.3 Å². The van der Waals surface area contributed by atoms with Crippen molar-refractivity contribution in [3.05, 3.63) is 0 Å². The van der Waals surface area contributed by atoms with E-state index in [1.807, 2.05) is 20.8 Å². The molecule has 0 spiro atoms. The highest BCUT2D eigenvalue weighted by Gasteiger charge is 2.64. The average Bonchev–Trinajstić information content (AvgIpc) is 3.69. The third-order valence-corrected chi connectivity index (χ3v) is 12.7. The number of rotatable bonds is 6. The van der Waals surface area contributed by atoms with Crippen LogP contribution in [-0.4, -0.2) is 71.9 Å². The van der Waals surface area contributed by atoms with Crippen molar-refractivity contribution in [1.82, 2.24) is 0 Å². The van der Waals surface area contributed by atoms with Gasteiger partial charge in [0.1, 0.15) is 11.7 Å². The van der Waals surface area contributed by atoms with Gasteiger partial charge in [0.05, 0.1) is 22.7 Å². The summed E-state index contributed by atoms with van der Waals surface area (Å²) in [5.41, 5.74) is -1.17. The molecule has 4 saturated heterocycles. The second kappa shape index (κ2) is 13.8. The zero-order valence-electron chi connectivity index (χ0n) is 31.7. The summed E-state index contributed by atoms with van der Waals surface area (Å²) in [6.45, 7) is 20.7. The van der Waals surface area contributed by atoms with E-state index < -0.39 is 65.8 Å². The molecule has 4 aliphatic heterocycles. The van der Waals surface area contributed by atoms with E-state index in [1.54, 1.807) is 41.5 Å². The predicted octanol–water partition coefficient (Wildman–Crippen LogP) is 5.66. The van der Waals surface area contributed by atoms with Crippen molar-refractivity contribution in [2.45, 2.75) is 163 Å². The quantitative estimate of drug-likeness (QED) is 0.191. The van der Waals surface area contributed by atoms with Gasteiger partial charge in [-0.15, -0.1) is 0 Å². The van der Waals surface area contributed by atoms with E-state index in [0.29, 0.717) is 18.3 Å². The van der Waals surface area contributed by atoms with Crippen molar-refractivity contribution in [2.75, 3.05) is 0 Å². The molecule has 0 radical (unpaired) electrons. The molecule has 8 rings (SSSR count). The van der Waals surface area contributed by atoms with Crippen LogP contribution in [0, 0.1) is 46.3 Å². The van der Waals surface area contributed by atoms with E-state index in [2.05, 4.69) is 18.6 Å². The van der Waals surface area contributed by atoms with Crippen LogP contribution in [0.15, 0.2) is 0 Å². The molecule has 4 heterocycles. The standard InChI is InChI=1S/C17H28O2.C15H22O7.C6H8O3/c1-5-16(2,3)15(18)19-17(4)13-7-11-6-12(9-13)10-14(17)8-11;1-6-14(2,3)13(17)20-9-7-8(18-11(9)16)10-12(19-7)22-15(4,5)21-10;1-3-4(2)6(8)9-5(3)7/h11-14H,5-10H2,1-4H3;7-10,12H,6H2,1-5H3;3-4H,1-2H3. The van der Waals surface area contributed by atoms with E-state index in [9.17, 15) is 24.0 Å². The molecule has 7 atom stereocenters. The Morgan fingerprint density at radius 1 is 0.720 bits per heavy atom. The number of hydrogen-bond donors (Lipinski definition) is 0. The van der Waals surface area contributed by atoms with Crippen LogP contribution in [0.2, 0.25) is 0 Å². The maximum absolute atomic E-state index is 12.5. The van der Waals surface area contributed by atoms with E-state index in [1.165, 1.54) is 32.1 Å². The minimum Gasteiger partial charge on any atom is -0.458 e. The molecule has 50 heavy (non-hydrogen) atoms. The van der Waals surface area contributed by atoms with Gasteiger partial charge in [-0.1, -0.05) is 27.7 Å². The molecule has 4 saturated carbocycles. The Morgan fingerprint density at radius 2 is 1.22 bits per heavy atom. The van der Waals surface area contributed by atoms with Crippen LogP contribution >= 0.6 is 0 Å². The van der Waals surface area contributed by atoms with Gasteiger partial charge in [-0.25, -0.2) is 4.79 Å². The Hall–Kier alpha value is -2.57. The SMILES string of the molecule is CC1C(=O)OC(=O)C1C.CCC(C)(C)C(=O)OC1(C)C2CC3CC(C2)CC1C3.CCC(C)(C)C(=O)OC1C(=O)OC2C3OC(C)(C)OC3OC12. The molecule has 7 unspecified atom stereocenters. The van der Waals surface area contributed by atoms with Crippen LogP contribution in [0.4, 0.5) is 0 Å². The van der Waals surface area contributed by atoms with Gasteiger partial charge in [0, 0.05) is 0 Å². The van der Waals surface area contributed by atoms with Gasteiger partial charge < -0.3 is 33.2 Å². The maximum Gasteiger partial charge on any atom is 0.350 e. The van der Waals surface area contributed by atoms with Gasteiger partial charge >= 0.3 is 29.8 Å². The highest BCUT2D eigenvalue weighted by Crippen LogP contribution is 2.59. The lowest BCUT2D eigenvalue weighted by atomic mass is 9.50. The molecule has 12 heteroatoms. The number of carbonyl (C=O) groups excluding carboxylic acids is 5. The molecule has 0 amide bonds. The summed E-state index contributed by atoms with van der Waals surface area (Å²) in [6.07, 6.45) is 4.61. The predicted molar refractivity (Wildman–Crippen MR) is 178 cm³/mol. The Kier molecular flexibility index (Phi) is 10.6. The van der Waals surface area contributed by atoms with E-state index >= 15 is 0 Å². The lowest BCUT2D eigenvalue weighted by molar-refractivity contribution is -0.217. The number of esters is 5. The third kappa shape index (κ3) is 7.35. The summed E-state index contributed by atoms with van der Waals surface area (Å²) in [5.74, 6) is -0.00359. The molecule has 12 nitrogen and oxygen atoms in total. The van der Waals surface area contributed by atoms with Gasteiger partial charge in [-0.05, 0) is 117 Å². The number of hydrogen-bond acceptors (Lipinski definition) is 12. The number of fused-ring (bicyclic) bond motifs is 3. The second-order valence-electron chi connectivity index (χ2n) is 17.5. The van der Waals surface area contributed by atoms with Crippen LogP contribution in [0.25, 0.3) is 0 Å². The largest absolute Gasteiger partial charge is 0.458 e. The minimum atomic E-state index is -1.07. The molecular weight excluding hydrogens is 648 g/mol. The molecule has 0 aromatic rings. The molecule has 8 aliphatic rings. The zero-order chi connectivity index (χ0) is 37.1. The third-order valence-electron chi connectivity index (χ3n) is 12.7. The molecule has 0 aromatic heterocycles. The topological polar surface area (TPSA) is 150 Å². The molecular formula is C38H58O12. The zero-order valence-corrected chi connectivity index (χ0v) is 31.7. The minimum absolute atomic E-state index is 0.0185. The first-order chi connectivity index (χ1) is 23.1. The summed E-state index contributed by atoms with van der Waals surface area (Å²) >= 11 is 0. The fourth-order valence-electron chi connectivity index (χ4n) is 8.21. The second-order valence-corrected chi connectivity index (χ2v) is 17.5. The van der Waals surface area contributed by atoms with Crippen molar-refractivity contribution in [1.29, 1.82) is 0 Å². The molecule has 0 N–H and O–H groups in total. The molecule has 4 bridgehead atoms. The normalized spacial score (nSPS) is 40.5. The summed E-state index contributed by atoms with van der Waals surface area (Å²) < 4.78 is 38.1. The monoisotopic (exact) mass is 706 g/mol. The highest BCUT2D eigenvalue weighted by molar-refractivity contribution is 5.95. The smallest absolute Gasteiger partial charge is 0.350 e. The van der Waals surface area contributed by atoms with Gasteiger partial charge in [0.15, 0.2) is 24.3 Å². The average molecular weight is 707 g/mol. The van der Waals surface area contributed by atoms with Crippen LogP contribution in [-0.2, 0) is 57.1 Å². The van der Waals surface area contributed by atoms with Crippen molar-refractivity contribution < 1.29 is 57.1 Å². The summed E-state index contributed by atoms with van der Waals surface area (Å²) in [7, 11) is 0. The number of ether oxygens (including phenoxy) is 7. The highest BCUT2D eigenvalue weighted by atomic mass is 16.9. The lowest BCUT2D eigenvalue weighted by Crippen LogP contribution is -2.58. The first-order valence-electron chi connectivity index (χ1n) is 18.5. The Labute approximate surface area is 296 Å².